The molecule has 1 atom stereocenters. The molecule has 2 nitrogen and oxygen atoms in total. The second-order valence-electron chi connectivity index (χ2n) is 3.78. The summed E-state index contributed by atoms with van der Waals surface area (Å²) in [5.41, 5.74) is 1.54. The molecule has 0 aliphatic rings. The minimum atomic E-state index is -0.0773. The molecule has 1 N–H and O–H groups in total. The summed E-state index contributed by atoms with van der Waals surface area (Å²) in [4.78, 5) is 11.8. The first-order valence-corrected chi connectivity index (χ1v) is 6.00. The monoisotopic (exact) mass is 259 g/mol. The van der Waals surface area contributed by atoms with E-state index < -0.39 is 0 Å². The number of benzene rings is 1. The van der Waals surface area contributed by atoms with Crippen LogP contribution in [0.1, 0.15) is 29.3 Å². The first-order valence-electron chi connectivity index (χ1n) is 5.19. The maximum Gasteiger partial charge on any atom is 0.251 e. The maximum atomic E-state index is 11.8. The Morgan fingerprint density at radius 3 is 2.75 bits per heavy atom. The van der Waals surface area contributed by atoms with Gasteiger partial charge in [0.15, 0.2) is 0 Å². The smallest absolute Gasteiger partial charge is 0.251 e. The molecular formula is C12H15Cl2NO. The third-order valence-electron chi connectivity index (χ3n) is 2.26. The zero-order valence-corrected chi connectivity index (χ0v) is 10.9. The molecule has 0 heterocycles. The maximum absolute atomic E-state index is 11.8. The predicted octanol–water partition coefficient (Wildman–Crippen LogP) is 3.40. The zero-order valence-electron chi connectivity index (χ0n) is 9.39. The van der Waals surface area contributed by atoms with Gasteiger partial charge < -0.3 is 5.32 Å². The number of halogens is 2. The van der Waals surface area contributed by atoms with Crippen molar-refractivity contribution in [3.63, 3.8) is 0 Å². The number of alkyl halides is 1. The van der Waals surface area contributed by atoms with Gasteiger partial charge in [-0.15, -0.1) is 11.6 Å². The van der Waals surface area contributed by atoms with E-state index in [-0.39, 0.29) is 11.3 Å². The Morgan fingerprint density at radius 1 is 1.50 bits per heavy atom. The topological polar surface area (TPSA) is 29.1 Å². The van der Waals surface area contributed by atoms with Crippen LogP contribution in [0.15, 0.2) is 18.2 Å². The van der Waals surface area contributed by atoms with Gasteiger partial charge in [0, 0.05) is 22.5 Å². The normalized spacial score (nSPS) is 12.2. The number of aryl methyl sites for hydroxylation is 1. The fourth-order valence-electron chi connectivity index (χ4n) is 1.36. The third kappa shape index (κ3) is 4.03. The largest absolute Gasteiger partial charge is 0.352 e. The van der Waals surface area contributed by atoms with Crippen molar-refractivity contribution in [2.75, 3.05) is 6.54 Å². The summed E-state index contributed by atoms with van der Waals surface area (Å²) in [6.07, 6.45) is 0.764. The highest BCUT2D eigenvalue weighted by Crippen LogP contribution is 2.15. The third-order valence-corrected chi connectivity index (χ3v) is 2.71. The van der Waals surface area contributed by atoms with Crippen molar-refractivity contribution in [2.24, 2.45) is 0 Å². The summed E-state index contributed by atoms with van der Waals surface area (Å²) in [7, 11) is 0. The number of rotatable bonds is 4. The molecule has 0 spiro atoms. The van der Waals surface area contributed by atoms with Gasteiger partial charge in [-0.1, -0.05) is 11.6 Å². The van der Waals surface area contributed by atoms with Crippen LogP contribution in [0.3, 0.4) is 0 Å². The fraction of sp³-hybridized carbons (Fsp3) is 0.417. The molecule has 0 saturated heterocycles. The van der Waals surface area contributed by atoms with E-state index in [1.165, 1.54) is 0 Å². The van der Waals surface area contributed by atoms with Crippen LogP contribution in [0.2, 0.25) is 5.02 Å². The zero-order chi connectivity index (χ0) is 12.1. The molecule has 88 valence electrons. The number of nitrogens with one attached hydrogen (secondary N) is 1. The fourth-order valence-corrected chi connectivity index (χ4v) is 1.70. The van der Waals surface area contributed by atoms with Crippen molar-refractivity contribution in [1.82, 2.24) is 5.32 Å². The lowest BCUT2D eigenvalue weighted by Crippen LogP contribution is -2.26. The molecule has 0 aliphatic heterocycles. The van der Waals surface area contributed by atoms with Crippen LogP contribution >= 0.6 is 23.2 Å². The van der Waals surface area contributed by atoms with Crippen molar-refractivity contribution in [3.8, 4) is 0 Å². The molecule has 0 radical (unpaired) electrons. The number of hydrogen-bond acceptors (Lipinski definition) is 1. The molecule has 4 heteroatoms. The first-order chi connectivity index (χ1) is 7.50. The van der Waals surface area contributed by atoms with Crippen molar-refractivity contribution in [3.05, 3.63) is 34.3 Å². The lowest BCUT2D eigenvalue weighted by Gasteiger charge is -2.08. The van der Waals surface area contributed by atoms with Gasteiger partial charge in [-0.25, -0.2) is 0 Å². The summed E-state index contributed by atoms with van der Waals surface area (Å²) >= 11 is 11.6. The van der Waals surface area contributed by atoms with Crippen molar-refractivity contribution in [2.45, 2.75) is 25.6 Å². The molecule has 0 aromatic heterocycles. The predicted molar refractivity (Wildman–Crippen MR) is 68.5 cm³/mol. The Kier molecular flexibility index (Phi) is 5.10. The molecular weight excluding hydrogens is 245 g/mol. The van der Waals surface area contributed by atoms with E-state index in [2.05, 4.69) is 5.32 Å². The molecule has 1 aromatic carbocycles. The van der Waals surface area contributed by atoms with Gasteiger partial charge in [-0.2, -0.15) is 0 Å². The van der Waals surface area contributed by atoms with Gasteiger partial charge >= 0.3 is 0 Å². The molecule has 1 unspecified atom stereocenters. The van der Waals surface area contributed by atoms with E-state index in [0.717, 1.165) is 12.0 Å². The molecule has 1 rings (SSSR count). The minimum absolute atomic E-state index is 0.0756. The van der Waals surface area contributed by atoms with Crippen LogP contribution < -0.4 is 5.32 Å². The highest BCUT2D eigenvalue weighted by atomic mass is 35.5. The quantitative estimate of drug-likeness (QED) is 0.826. The Balaban J connectivity index is 2.59. The average molecular weight is 260 g/mol. The first kappa shape index (κ1) is 13.3. The van der Waals surface area contributed by atoms with E-state index in [1.54, 1.807) is 18.2 Å². The minimum Gasteiger partial charge on any atom is -0.352 e. The Bertz CT molecular complexity index is 377. The number of carbonyl (C=O) groups excluding carboxylic acids is 1. The molecule has 0 aliphatic carbocycles. The lowest BCUT2D eigenvalue weighted by molar-refractivity contribution is 0.0952. The van der Waals surface area contributed by atoms with Gasteiger partial charge in [0.05, 0.1) is 0 Å². The number of carbonyl (C=O) groups is 1. The van der Waals surface area contributed by atoms with Crippen LogP contribution in [0.25, 0.3) is 0 Å². The summed E-state index contributed by atoms with van der Waals surface area (Å²) in [6, 6.07) is 5.23. The average Bonchev–Trinajstić information content (AvgIpc) is 2.16. The van der Waals surface area contributed by atoms with Gasteiger partial charge in [0.1, 0.15) is 0 Å². The Hall–Kier alpha value is -0.730. The van der Waals surface area contributed by atoms with E-state index >= 15 is 0 Å². The van der Waals surface area contributed by atoms with Crippen molar-refractivity contribution < 1.29 is 4.79 Å². The second-order valence-corrected chi connectivity index (χ2v) is 4.97. The van der Waals surface area contributed by atoms with E-state index in [0.29, 0.717) is 17.1 Å². The van der Waals surface area contributed by atoms with Crippen molar-refractivity contribution >= 4 is 29.1 Å². The SMILES string of the molecule is Cc1cc(Cl)ccc1C(=O)NCCC(C)Cl. The highest BCUT2D eigenvalue weighted by Gasteiger charge is 2.08. The number of amides is 1. The molecule has 1 amide bonds. The Morgan fingerprint density at radius 2 is 2.19 bits per heavy atom. The highest BCUT2D eigenvalue weighted by molar-refractivity contribution is 6.30. The van der Waals surface area contributed by atoms with Crippen LogP contribution in [0.5, 0.6) is 0 Å². The van der Waals surface area contributed by atoms with Crippen LogP contribution in [0.4, 0.5) is 0 Å². The van der Waals surface area contributed by atoms with Crippen LogP contribution in [-0.2, 0) is 0 Å². The molecule has 1 aromatic rings. The Labute approximate surface area is 106 Å². The molecule has 0 fully saturated rings. The van der Waals surface area contributed by atoms with Gasteiger partial charge in [-0.05, 0) is 44.0 Å². The van der Waals surface area contributed by atoms with Crippen molar-refractivity contribution in [1.29, 1.82) is 0 Å². The van der Waals surface area contributed by atoms with Gasteiger partial charge in [0.25, 0.3) is 5.91 Å². The van der Waals surface area contributed by atoms with E-state index in [1.807, 2.05) is 13.8 Å². The number of hydrogen-bond donors (Lipinski definition) is 1. The van der Waals surface area contributed by atoms with E-state index in [4.69, 9.17) is 23.2 Å². The summed E-state index contributed by atoms with van der Waals surface area (Å²) in [5, 5.41) is 3.54. The molecule has 0 bridgehead atoms. The van der Waals surface area contributed by atoms with Crippen LogP contribution in [-0.4, -0.2) is 17.8 Å². The van der Waals surface area contributed by atoms with Crippen LogP contribution in [0, 0.1) is 6.92 Å². The second kappa shape index (κ2) is 6.12. The molecule has 0 saturated carbocycles. The van der Waals surface area contributed by atoms with Gasteiger partial charge in [0.2, 0.25) is 0 Å². The molecule has 16 heavy (non-hydrogen) atoms. The summed E-state index contributed by atoms with van der Waals surface area (Å²) in [6.45, 7) is 4.36. The summed E-state index contributed by atoms with van der Waals surface area (Å²) in [5.74, 6) is -0.0773. The lowest BCUT2D eigenvalue weighted by atomic mass is 10.1. The standard InChI is InChI=1S/C12H15Cl2NO/c1-8-7-10(14)3-4-11(8)12(16)15-6-5-9(2)13/h3-4,7,9H,5-6H2,1-2H3,(H,15,16). The summed E-state index contributed by atoms with van der Waals surface area (Å²) < 4.78 is 0. The van der Waals surface area contributed by atoms with Gasteiger partial charge in [-0.3, -0.25) is 4.79 Å². The van der Waals surface area contributed by atoms with E-state index in [9.17, 15) is 4.79 Å².